The summed E-state index contributed by atoms with van der Waals surface area (Å²) in [6.07, 6.45) is 2.52. The Morgan fingerprint density at radius 1 is 1.45 bits per heavy atom. The van der Waals surface area contributed by atoms with E-state index in [4.69, 9.17) is 0 Å². The zero-order chi connectivity index (χ0) is 9.07. The molecule has 0 aliphatic rings. The minimum atomic E-state index is 0.484. The van der Waals surface area contributed by atoms with Crippen molar-refractivity contribution in [3.05, 3.63) is 12.2 Å². The zero-order valence-corrected chi connectivity index (χ0v) is 8.70. The fourth-order valence-electron chi connectivity index (χ4n) is 1.15. The summed E-state index contributed by atoms with van der Waals surface area (Å²) in [5, 5.41) is 0. The summed E-state index contributed by atoms with van der Waals surface area (Å²) >= 11 is 0. The van der Waals surface area contributed by atoms with Crippen LogP contribution in [0.4, 0.5) is 0 Å². The second kappa shape index (κ2) is 3.94. The first-order valence-electron chi connectivity index (χ1n) is 4.54. The second-order valence-corrected chi connectivity index (χ2v) is 4.47. The quantitative estimate of drug-likeness (QED) is 0.536. The summed E-state index contributed by atoms with van der Waals surface area (Å²) < 4.78 is 0. The molecule has 66 valence electrons. The molecule has 1 unspecified atom stereocenters. The smallest absolute Gasteiger partial charge is 0.0232 e. The van der Waals surface area contributed by atoms with E-state index < -0.39 is 0 Å². The van der Waals surface area contributed by atoms with Gasteiger partial charge in [-0.25, -0.2) is 0 Å². The van der Waals surface area contributed by atoms with Crippen LogP contribution in [0.5, 0.6) is 0 Å². The van der Waals surface area contributed by atoms with E-state index >= 15 is 0 Å². The Morgan fingerprint density at radius 3 is 2.18 bits per heavy atom. The Hall–Kier alpha value is -0.260. The molecule has 0 aliphatic heterocycles. The first-order valence-corrected chi connectivity index (χ1v) is 4.54. The summed E-state index contributed by atoms with van der Waals surface area (Å²) in [7, 11) is 0. The average molecular weight is 154 g/mol. The van der Waals surface area contributed by atoms with E-state index in [0.717, 1.165) is 0 Å². The van der Waals surface area contributed by atoms with Gasteiger partial charge in [-0.15, -0.1) is 0 Å². The van der Waals surface area contributed by atoms with Gasteiger partial charge in [0.2, 0.25) is 0 Å². The maximum absolute atomic E-state index is 3.97. The third kappa shape index (κ3) is 4.23. The molecule has 11 heavy (non-hydrogen) atoms. The van der Waals surface area contributed by atoms with Gasteiger partial charge in [0.05, 0.1) is 0 Å². The monoisotopic (exact) mass is 154 g/mol. The van der Waals surface area contributed by atoms with Gasteiger partial charge in [-0.2, -0.15) is 0 Å². The highest BCUT2D eigenvalue weighted by molar-refractivity contribution is 4.95. The summed E-state index contributed by atoms with van der Waals surface area (Å²) in [4.78, 5) is 0. The molecule has 0 N–H and O–H groups in total. The Bertz CT molecular complexity index is 131. The van der Waals surface area contributed by atoms with E-state index in [1.165, 1.54) is 18.4 Å². The number of hydrogen-bond donors (Lipinski definition) is 0. The highest BCUT2D eigenvalue weighted by atomic mass is 14.2. The topological polar surface area (TPSA) is 0 Å². The molecule has 0 nitrogen and oxygen atoms in total. The van der Waals surface area contributed by atoms with Gasteiger partial charge >= 0.3 is 0 Å². The second-order valence-electron chi connectivity index (χ2n) is 4.47. The zero-order valence-electron chi connectivity index (χ0n) is 8.70. The highest BCUT2D eigenvalue weighted by Crippen LogP contribution is 2.31. The Balaban J connectivity index is 3.93. The van der Waals surface area contributed by atoms with E-state index in [0.29, 0.717) is 11.3 Å². The molecule has 0 radical (unpaired) electrons. The standard InChI is InChI=1S/C11H22/c1-7-11(5,6)8-10(4)9(2)3/h10H,2,7-8H2,1,3-6H3. The van der Waals surface area contributed by atoms with Gasteiger partial charge in [-0.1, -0.05) is 46.3 Å². The summed E-state index contributed by atoms with van der Waals surface area (Å²) in [6, 6.07) is 0. The van der Waals surface area contributed by atoms with Crippen LogP contribution >= 0.6 is 0 Å². The van der Waals surface area contributed by atoms with Crippen molar-refractivity contribution >= 4 is 0 Å². The Morgan fingerprint density at radius 2 is 1.91 bits per heavy atom. The minimum Gasteiger partial charge on any atom is -0.0999 e. The first kappa shape index (κ1) is 10.7. The van der Waals surface area contributed by atoms with Crippen LogP contribution in [-0.2, 0) is 0 Å². The molecule has 0 spiro atoms. The van der Waals surface area contributed by atoms with Crippen LogP contribution in [0.1, 0.15) is 47.5 Å². The Labute approximate surface area is 71.7 Å². The predicted octanol–water partition coefficient (Wildman–Crippen LogP) is 4.02. The van der Waals surface area contributed by atoms with Crippen molar-refractivity contribution in [2.24, 2.45) is 11.3 Å². The van der Waals surface area contributed by atoms with Crippen molar-refractivity contribution < 1.29 is 0 Å². The van der Waals surface area contributed by atoms with Crippen LogP contribution in [-0.4, -0.2) is 0 Å². The van der Waals surface area contributed by atoms with Crippen molar-refractivity contribution in [3.63, 3.8) is 0 Å². The lowest BCUT2D eigenvalue weighted by molar-refractivity contribution is 0.284. The van der Waals surface area contributed by atoms with E-state index in [2.05, 4.69) is 41.2 Å². The van der Waals surface area contributed by atoms with Crippen molar-refractivity contribution in [3.8, 4) is 0 Å². The fourth-order valence-corrected chi connectivity index (χ4v) is 1.15. The molecule has 0 bridgehead atoms. The molecule has 0 aliphatic carbocycles. The Kier molecular flexibility index (Phi) is 3.85. The molecule has 0 saturated carbocycles. The first-order chi connectivity index (χ1) is 4.89. The van der Waals surface area contributed by atoms with Gasteiger partial charge in [-0.3, -0.25) is 0 Å². The third-order valence-corrected chi connectivity index (χ3v) is 2.66. The van der Waals surface area contributed by atoms with Gasteiger partial charge in [0, 0.05) is 0 Å². The molecule has 1 atom stereocenters. The van der Waals surface area contributed by atoms with Gasteiger partial charge in [0.25, 0.3) is 0 Å². The van der Waals surface area contributed by atoms with Gasteiger partial charge < -0.3 is 0 Å². The SMILES string of the molecule is C=C(C)C(C)CC(C)(C)CC. The van der Waals surface area contributed by atoms with Gasteiger partial charge in [0.1, 0.15) is 0 Å². The molecule has 0 rings (SSSR count). The molecular weight excluding hydrogens is 132 g/mol. The van der Waals surface area contributed by atoms with E-state index in [9.17, 15) is 0 Å². The number of rotatable bonds is 4. The van der Waals surface area contributed by atoms with Crippen LogP contribution in [0, 0.1) is 11.3 Å². The van der Waals surface area contributed by atoms with Crippen molar-refractivity contribution in [2.45, 2.75) is 47.5 Å². The minimum absolute atomic E-state index is 0.484. The maximum atomic E-state index is 3.97. The summed E-state index contributed by atoms with van der Waals surface area (Å²) in [6.45, 7) is 15.3. The van der Waals surface area contributed by atoms with Crippen molar-refractivity contribution in [2.75, 3.05) is 0 Å². The van der Waals surface area contributed by atoms with Crippen LogP contribution in [0.2, 0.25) is 0 Å². The number of allylic oxidation sites excluding steroid dienone is 1. The molecule has 0 amide bonds. The average Bonchev–Trinajstić information content (AvgIpc) is 1.87. The largest absolute Gasteiger partial charge is 0.0999 e. The molecule has 0 fully saturated rings. The predicted molar refractivity (Wildman–Crippen MR) is 52.7 cm³/mol. The normalized spacial score (nSPS) is 14.6. The molecule has 0 aromatic heterocycles. The van der Waals surface area contributed by atoms with Crippen LogP contribution in [0.25, 0.3) is 0 Å². The van der Waals surface area contributed by atoms with Crippen molar-refractivity contribution in [1.29, 1.82) is 0 Å². The van der Waals surface area contributed by atoms with Crippen LogP contribution in [0.15, 0.2) is 12.2 Å². The van der Waals surface area contributed by atoms with E-state index in [1.807, 2.05) is 0 Å². The molecule has 0 heteroatoms. The maximum Gasteiger partial charge on any atom is -0.0232 e. The molecule has 0 saturated heterocycles. The lowest BCUT2D eigenvalue weighted by Gasteiger charge is -2.26. The summed E-state index contributed by atoms with van der Waals surface area (Å²) in [5.41, 5.74) is 1.80. The summed E-state index contributed by atoms with van der Waals surface area (Å²) in [5.74, 6) is 0.671. The molecule has 0 aromatic rings. The van der Waals surface area contributed by atoms with E-state index in [-0.39, 0.29) is 0 Å². The molecular formula is C11H22. The molecule has 0 aromatic carbocycles. The highest BCUT2D eigenvalue weighted by Gasteiger charge is 2.18. The number of hydrogen-bond acceptors (Lipinski definition) is 0. The third-order valence-electron chi connectivity index (χ3n) is 2.66. The fraction of sp³-hybridized carbons (Fsp3) is 0.818. The van der Waals surface area contributed by atoms with Gasteiger partial charge in [-0.05, 0) is 24.7 Å². The van der Waals surface area contributed by atoms with Crippen molar-refractivity contribution in [1.82, 2.24) is 0 Å². The van der Waals surface area contributed by atoms with Crippen LogP contribution in [0.3, 0.4) is 0 Å². The lowest BCUT2D eigenvalue weighted by atomic mass is 9.79. The van der Waals surface area contributed by atoms with E-state index in [1.54, 1.807) is 0 Å². The molecule has 0 heterocycles. The van der Waals surface area contributed by atoms with Gasteiger partial charge in [0.15, 0.2) is 0 Å². The lowest BCUT2D eigenvalue weighted by Crippen LogP contribution is -2.14. The van der Waals surface area contributed by atoms with Crippen LogP contribution < -0.4 is 0 Å².